The predicted molar refractivity (Wildman–Crippen MR) is 98.8 cm³/mol. The number of aryl methyl sites for hydroxylation is 2. The highest BCUT2D eigenvalue weighted by atomic mass is 35.5. The number of hydrogen-bond donors (Lipinski definition) is 3. The van der Waals surface area contributed by atoms with E-state index in [1.807, 2.05) is 26.0 Å². The summed E-state index contributed by atoms with van der Waals surface area (Å²) in [4.78, 5) is 23.2. The summed E-state index contributed by atoms with van der Waals surface area (Å²) in [7, 11) is 0. The summed E-state index contributed by atoms with van der Waals surface area (Å²) >= 11 is 6.21. The molecule has 0 saturated heterocycles. The maximum Gasteiger partial charge on any atom is 0.243 e. The minimum atomic E-state index is -0.203. The van der Waals surface area contributed by atoms with Gasteiger partial charge in [0.1, 0.15) is 0 Å². The predicted octanol–water partition coefficient (Wildman–Crippen LogP) is 3.97. The van der Waals surface area contributed by atoms with Crippen molar-refractivity contribution >= 4 is 40.5 Å². The number of hydrogen-bond acceptors (Lipinski definition) is 3. The summed E-state index contributed by atoms with van der Waals surface area (Å²) in [5, 5.41) is 9.11. The lowest BCUT2D eigenvalue weighted by atomic mass is 10.1. The van der Waals surface area contributed by atoms with Crippen LogP contribution in [0.15, 0.2) is 36.4 Å². The van der Waals surface area contributed by atoms with E-state index in [9.17, 15) is 9.59 Å². The molecule has 0 aliphatic carbocycles. The molecule has 0 aliphatic rings. The Bertz CT molecular complexity index is 752. The van der Waals surface area contributed by atoms with Gasteiger partial charge in [-0.25, -0.2) is 0 Å². The van der Waals surface area contributed by atoms with E-state index in [2.05, 4.69) is 16.0 Å². The Morgan fingerprint density at radius 3 is 2.33 bits per heavy atom. The standard InChI is InChI=1S/C18H20ClN3O2/c1-11-7-12(2)18(16(19)8-11)20-10-17(24)22-15-6-4-5-14(9-15)21-13(3)23/h4-9,20H,10H2,1-3H3,(H,21,23)(H,22,24). The van der Waals surface area contributed by atoms with Crippen LogP contribution in [0.1, 0.15) is 18.1 Å². The lowest BCUT2D eigenvalue weighted by molar-refractivity contribution is -0.115. The van der Waals surface area contributed by atoms with Gasteiger partial charge < -0.3 is 16.0 Å². The highest BCUT2D eigenvalue weighted by Gasteiger charge is 2.08. The van der Waals surface area contributed by atoms with E-state index in [1.165, 1.54) is 6.92 Å². The first-order chi connectivity index (χ1) is 11.3. The molecular weight excluding hydrogens is 326 g/mol. The molecule has 0 heterocycles. The van der Waals surface area contributed by atoms with Gasteiger partial charge in [-0.1, -0.05) is 23.7 Å². The van der Waals surface area contributed by atoms with Gasteiger partial charge in [0.15, 0.2) is 0 Å². The Kier molecular flexibility index (Phi) is 5.82. The van der Waals surface area contributed by atoms with Crippen LogP contribution in [-0.2, 0) is 9.59 Å². The van der Waals surface area contributed by atoms with Gasteiger partial charge in [-0.15, -0.1) is 0 Å². The lowest BCUT2D eigenvalue weighted by Crippen LogP contribution is -2.22. The second-order valence-electron chi connectivity index (χ2n) is 5.60. The van der Waals surface area contributed by atoms with Crippen molar-refractivity contribution in [3.8, 4) is 0 Å². The first-order valence-electron chi connectivity index (χ1n) is 7.53. The third-order valence-electron chi connectivity index (χ3n) is 3.32. The number of halogens is 1. The molecule has 2 aromatic rings. The van der Waals surface area contributed by atoms with E-state index in [1.54, 1.807) is 24.3 Å². The van der Waals surface area contributed by atoms with Crippen molar-refractivity contribution in [2.45, 2.75) is 20.8 Å². The van der Waals surface area contributed by atoms with Crippen molar-refractivity contribution < 1.29 is 9.59 Å². The molecule has 0 radical (unpaired) electrons. The van der Waals surface area contributed by atoms with Gasteiger partial charge >= 0.3 is 0 Å². The fourth-order valence-electron chi connectivity index (χ4n) is 2.39. The first-order valence-corrected chi connectivity index (χ1v) is 7.91. The fraction of sp³-hybridized carbons (Fsp3) is 0.222. The van der Waals surface area contributed by atoms with Crippen molar-refractivity contribution in [2.75, 3.05) is 22.5 Å². The number of carbonyl (C=O) groups excluding carboxylic acids is 2. The van der Waals surface area contributed by atoms with Crippen molar-refractivity contribution in [2.24, 2.45) is 0 Å². The summed E-state index contributed by atoms with van der Waals surface area (Å²) in [6.45, 7) is 5.43. The van der Waals surface area contributed by atoms with Gasteiger partial charge in [0.05, 0.1) is 17.3 Å². The lowest BCUT2D eigenvalue weighted by Gasteiger charge is -2.13. The molecule has 5 nitrogen and oxygen atoms in total. The molecule has 0 saturated carbocycles. The number of benzene rings is 2. The summed E-state index contributed by atoms with van der Waals surface area (Å²) in [5.74, 6) is -0.365. The van der Waals surface area contributed by atoms with Crippen LogP contribution >= 0.6 is 11.6 Å². The third kappa shape index (κ3) is 4.99. The van der Waals surface area contributed by atoms with Crippen LogP contribution in [0, 0.1) is 13.8 Å². The molecule has 0 unspecified atom stereocenters. The largest absolute Gasteiger partial charge is 0.375 e. The average molecular weight is 346 g/mol. The monoisotopic (exact) mass is 345 g/mol. The third-order valence-corrected chi connectivity index (χ3v) is 3.62. The molecule has 0 bridgehead atoms. The molecule has 2 rings (SSSR count). The van der Waals surface area contributed by atoms with Gasteiger partial charge in [-0.05, 0) is 49.2 Å². The number of amides is 2. The SMILES string of the molecule is CC(=O)Nc1cccc(NC(=O)CNc2c(C)cc(C)cc2Cl)c1. The van der Waals surface area contributed by atoms with Crippen molar-refractivity contribution in [3.63, 3.8) is 0 Å². The molecule has 0 aliphatic heterocycles. The Balaban J connectivity index is 1.98. The van der Waals surface area contributed by atoms with Gasteiger partial charge in [-0.2, -0.15) is 0 Å². The number of carbonyl (C=O) groups is 2. The number of nitrogens with one attached hydrogen (secondary N) is 3. The van der Waals surface area contributed by atoms with Gasteiger partial charge in [0.25, 0.3) is 0 Å². The summed E-state index contributed by atoms with van der Waals surface area (Å²) in [6.07, 6.45) is 0. The van der Waals surface area contributed by atoms with Gasteiger partial charge in [0.2, 0.25) is 11.8 Å². The Hall–Kier alpha value is -2.53. The molecule has 6 heteroatoms. The van der Waals surface area contributed by atoms with Gasteiger partial charge in [-0.3, -0.25) is 9.59 Å². The molecule has 126 valence electrons. The van der Waals surface area contributed by atoms with Crippen LogP contribution in [0.5, 0.6) is 0 Å². The van der Waals surface area contributed by atoms with Crippen molar-refractivity contribution in [1.82, 2.24) is 0 Å². The fourth-order valence-corrected chi connectivity index (χ4v) is 2.78. The molecule has 0 spiro atoms. The Morgan fingerprint density at radius 2 is 1.71 bits per heavy atom. The highest BCUT2D eigenvalue weighted by molar-refractivity contribution is 6.33. The van der Waals surface area contributed by atoms with E-state index < -0.39 is 0 Å². The van der Waals surface area contributed by atoms with Crippen LogP contribution in [0.25, 0.3) is 0 Å². The zero-order valence-electron chi connectivity index (χ0n) is 13.9. The van der Waals surface area contributed by atoms with Crippen LogP contribution in [0.2, 0.25) is 5.02 Å². The molecular formula is C18H20ClN3O2. The molecule has 0 aromatic heterocycles. The molecule has 3 N–H and O–H groups in total. The van der Waals surface area contributed by atoms with Crippen LogP contribution in [-0.4, -0.2) is 18.4 Å². The summed E-state index contributed by atoms with van der Waals surface area (Å²) in [5.41, 5.74) is 4.05. The second-order valence-corrected chi connectivity index (χ2v) is 6.01. The normalized spacial score (nSPS) is 10.2. The molecule has 0 atom stereocenters. The van der Waals surface area contributed by atoms with Crippen molar-refractivity contribution in [1.29, 1.82) is 0 Å². The number of anilines is 3. The van der Waals surface area contributed by atoms with E-state index in [0.717, 1.165) is 16.8 Å². The highest BCUT2D eigenvalue weighted by Crippen LogP contribution is 2.27. The molecule has 0 fully saturated rings. The minimum Gasteiger partial charge on any atom is -0.375 e. The minimum absolute atomic E-state index is 0.0913. The van der Waals surface area contributed by atoms with Gasteiger partial charge in [0, 0.05) is 18.3 Å². The topological polar surface area (TPSA) is 70.2 Å². The van der Waals surface area contributed by atoms with E-state index in [0.29, 0.717) is 16.4 Å². The zero-order chi connectivity index (χ0) is 17.7. The van der Waals surface area contributed by atoms with E-state index in [4.69, 9.17) is 11.6 Å². The summed E-state index contributed by atoms with van der Waals surface area (Å²) in [6, 6.07) is 10.8. The second kappa shape index (κ2) is 7.84. The van der Waals surface area contributed by atoms with E-state index >= 15 is 0 Å². The van der Waals surface area contributed by atoms with Crippen molar-refractivity contribution in [3.05, 3.63) is 52.5 Å². The first kappa shape index (κ1) is 17.8. The molecule has 2 aromatic carbocycles. The maximum atomic E-state index is 12.1. The maximum absolute atomic E-state index is 12.1. The van der Waals surface area contributed by atoms with Crippen LogP contribution in [0.4, 0.5) is 17.1 Å². The quantitative estimate of drug-likeness (QED) is 0.768. The van der Waals surface area contributed by atoms with E-state index in [-0.39, 0.29) is 18.4 Å². The molecule has 2 amide bonds. The van der Waals surface area contributed by atoms with Crippen LogP contribution < -0.4 is 16.0 Å². The number of rotatable bonds is 5. The Morgan fingerprint density at radius 1 is 1.04 bits per heavy atom. The average Bonchev–Trinajstić information content (AvgIpc) is 2.45. The zero-order valence-corrected chi connectivity index (χ0v) is 14.6. The molecule has 24 heavy (non-hydrogen) atoms. The smallest absolute Gasteiger partial charge is 0.243 e. The summed E-state index contributed by atoms with van der Waals surface area (Å²) < 4.78 is 0. The Labute approximate surface area is 146 Å². The van der Waals surface area contributed by atoms with Crippen LogP contribution in [0.3, 0.4) is 0 Å².